The van der Waals surface area contributed by atoms with Crippen LogP contribution in [0.2, 0.25) is 0 Å². The molecular weight excluding hydrogens is 424 g/mol. The predicted octanol–water partition coefficient (Wildman–Crippen LogP) is 2.50. The van der Waals surface area contributed by atoms with Gasteiger partial charge in [0.2, 0.25) is 10.0 Å². The summed E-state index contributed by atoms with van der Waals surface area (Å²) in [4.78, 5) is 12.7. The fourth-order valence-electron chi connectivity index (χ4n) is 3.45. The minimum absolute atomic E-state index is 0.0497. The Labute approximate surface area is 177 Å². The molecule has 0 aliphatic heterocycles. The van der Waals surface area contributed by atoms with Crippen LogP contribution in [0.1, 0.15) is 42.5 Å². The molecule has 1 aliphatic carbocycles. The first-order valence-corrected chi connectivity index (χ1v) is 13.1. The Morgan fingerprint density at radius 1 is 0.900 bits per heavy atom. The third kappa shape index (κ3) is 5.90. The van der Waals surface area contributed by atoms with Gasteiger partial charge in [0, 0.05) is 18.2 Å². The average Bonchev–Trinajstić information content (AvgIpc) is 3.24. The highest BCUT2D eigenvalue weighted by molar-refractivity contribution is 7.91. The highest BCUT2D eigenvalue weighted by Gasteiger charge is 2.23. The molecule has 7 nitrogen and oxygen atoms in total. The second kappa shape index (κ2) is 9.72. The van der Waals surface area contributed by atoms with Gasteiger partial charge in [-0.25, -0.2) is 21.6 Å². The smallest absolute Gasteiger partial charge is 0.251 e. The van der Waals surface area contributed by atoms with Gasteiger partial charge in [0.05, 0.1) is 15.5 Å². The number of sulfonamides is 1. The number of benzene rings is 2. The van der Waals surface area contributed by atoms with Crippen LogP contribution in [-0.4, -0.2) is 41.1 Å². The number of hydrogen-bond acceptors (Lipinski definition) is 5. The normalized spacial score (nSPS) is 15.2. The molecule has 2 aromatic rings. The lowest BCUT2D eigenvalue weighted by atomic mass is 10.2. The van der Waals surface area contributed by atoms with Crippen molar-refractivity contribution >= 4 is 25.8 Å². The van der Waals surface area contributed by atoms with Gasteiger partial charge in [-0.15, -0.1) is 0 Å². The molecule has 2 aromatic carbocycles. The molecule has 30 heavy (non-hydrogen) atoms. The van der Waals surface area contributed by atoms with E-state index < -0.39 is 25.8 Å². The number of rotatable bonds is 9. The molecule has 162 valence electrons. The zero-order chi connectivity index (χ0) is 21.6. The van der Waals surface area contributed by atoms with Crippen molar-refractivity contribution in [1.29, 1.82) is 0 Å². The monoisotopic (exact) mass is 450 g/mol. The van der Waals surface area contributed by atoms with Crippen LogP contribution in [0, 0.1) is 0 Å². The Kier molecular flexibility index (Phi) is 7.27. The molecule has 1 fully saturated rings. The van der Waals surface area contributed by atoms with Crippen molar-refractivity contribution < 1.29 is 21.6 Å². The van der Waals surface area contributed by atoms with E-state index in [2.05, 4.69) is 10.0 Å². The maximum absolute atomic E-state index is 12.6. The maximum Gasteiger partial charge on any atom is 0.251 e. The summed E-state index contributed by atoms with van der Waals surface area (Å²) >= 11 is 0. The fraction of sp³-hybridized carbons (Fsp3) is 0.381. The molecule has 0 spiro atoms. The summed E-state index contributed by atoms with van der Waals surface area (Å²) < 4.78 is 52.3. The predicted molar refractivity (Wildman–Crippen MR) is 114 cm³/mol. The topological polar surface area (TPSA) is 109 Å². The standard InChI is InChI=1S/C21H26N2O5S2/c24-21(22-14-7-15-29(25,26)19-11-2-1-3-12-19)17-8-6-13-20(16-17)30(27,28)23-18-9-4-5-10-18/h1-3,6,8,11-13,16,18,23H,4-5,7,9-10,14-15H2,(H,22,24). The average molecular weight is 451 g/mol. The molecule has 1 amide bonds. The summed E-state index contributed by atoms with van der Waals surface area (Å²) in [5, 5.41) is 2.66. The van der Waals surface area contributed by atoms with E-state index in [1.165, 1.54) is 24.3 Å². The molecule has 0 atom stereocenters. The van der Waals surface area contributed by atoms with E-state index in [1.807, 2.05) is 0 Å². The molecule has 1 aliphatic rings. The Balaban J connectivity index is 1.55. The van der Waals surface area contributed by atoms with Gasteiger partial charge in [0.15, 0.2) is 9.84 Å². The largest absolute Gasteiger partial charge is 0.352 e. The number of amides is 1. The van der Waals surface area contributed by atoms with Crippen molar-refractivity contribution in [2.24, 2.45) is 0 Å². The minimum atomic E-state index is -3.68. The minimum Gasteiger partial charge on any atom is -0.352 e. The van der Waals surface area contributed by atoms with Crippen molar-refractivity contribution in [2.75, 3.05) is 12.3 Å². The summed E-state index contributed by atoms with van der Waals surface area (Å²) in [7, 11) is -7.08. The molecule has 3 rings (SSSR count). The third-order valence-electron chi connectivity index (χ3n) is 5.06. The van der Waals surface area contributed by atoms with Gasteiger partial charge in [0.1, 0.15) is 0 Å². The molecule has 1 saturated carbocycles. The lowest BCUT2D eigenvalue weighted by Gasteiger charge is -2.13. The Morgan fingerprint density at radius 2 is 1.57 bits per heavy atom. The zero-order valence-electron chi connectivity index (χ0n) is 16.6. The van der Waals surface area contributed by atoms with E-state index in [9.17, 15) is 21.6 Å². The summed E-state index contributed by atoms with van der Waals surface area (Å²) in [5.74, 6) is -0.526. The maximum atomic E-state index is 12.6. The van der Waals surface area contributed by atoms with Gasteiger partial charge < -0.3 is 5.32 Å². The lowest BCUT2D eigenvalue weighted by molar-refractivity contribution is 0.0953. The van der Waals surface area contributed by atoms with Gasteiger partial charge in [0.25, 0.3) is 5.91 Å². The van der Waals surface area contributed by atoms with E-state index in [0.717, 1.165) is 25.7 Å². The molecule has 0 bridgehead atoms. The summed E-state index contributed by atoms with van der Waals surface area (Å²) in [6.45, 7) is 0.169. The molecule has 0 heterocycles. The third-order valence-corrected chi connectivity index (χ3v) is 8.40. The molecule has 0 saturated heterocycles. The fourth-order valence-corrected chi connectivity index (χ4v) is 6.13. The first-order chi connectivity index (χ1) is 14.3. The molecule has 2 N–H and O–H groups in total. The van der Waals surface area contributed by atoms with Crippen molar-refractivity contribution in [3.8, 4) is 0 Å². The molecule has 0 unspecified atom stereocenters. The number of carbonyl (C=O) groups excluding carboxylic acids is 1. The number of carbonyl (C=O) groups is 1. The van der Waals surface area contributed by atoms with Crippen LogP contribution in [0.4, 0.5) is 0 Å². The van der Waals surface area contributed by atoms with Crippen LogP contribution in [0.5, 0.6) is 0 Å². The number of nitrogens with one attached hydrogen (secondary N) is 2. The van der Waals surface area contributed by atoms with E-state index in [-0.39, 0.29) is 40.1 Å². The summed E-state index contributed by atoms with van der Waals surface area (Å²) in [6.07, 6.45) is 3.92. The van der Waals surface area contributed by atoms with Gasteiger partial charge in [-0.05, 0) is 49.6 Å². The van der Waals surface area contributed by atoms with E-state index in [0.29, 0.717) is 0 Å². The first-order valence-electron chi connectivity index (χ1n) is 9.96. The second-order valence-corrected chi connectivity index (χ2v) is 11.2. The van der Waals surface area contributed by atoms with E-state index >= 15 is 0 Å². The van der Waals surface area contributed by atoms with Gasteiger partial charge in [-0.2, -0.15) is 0 Å². The van der Waals surface area contributed by atoms with Crippen molar-refractivity contribution in [1.82, 2.24) is 10.0 Å². The Bertz CT molecular complexity index is 1080. The summed E-state index contributed by atoms with van der Waals surface area (Å²) in [5.41, 5.74) is 0.218. The zero-order valence-corrected chi connectivity index (χ0v) is 18.2. The SMILES string of the molecule is O=C(NCCCS(=O)(=O)c1ccccc1)c1cccc(S(=O)(=O)NC2CCCC2)c1. The van der Waals surface area contributed by atoms with Crippen molar-refractivity contribution in [3.05, 3.63) is 60.2 Å². The Hall–Kier alpha value is -2.23. The van der Waals surface area contributed by atoms with Crippen molar-refractivity contribution in [3.63, 3.8) is 0 Å². The quantitative estimate of drug-likeness (QED) is 0.571. The molecule has 0 aromatic heterocycles. The summed E-state index contributed by atoms with van der Waals surface area (Å²) in [6, 6.07) is 14.0. The first kappa shape index (κ1) is 22.5. The molecule has 0 radical (unpaired) electrons. The second-order valence-electron chi connectivity index (χ2n) is 7.37. The van der Waals surface area contributed by atoms with Crippen LogP contribution in [0.3, 0.4) is 0 Å². The van der Waals surface area contributed by atoms with Crippen LogP contribution in [0.25, 0.3) is 0 Å². The van der Waals surface area contributed by atoms with Crippen molar-refractivity contribution in [2.45, 2.75) is 47.9 Å². The van der Waals surface area contributed by atoms with Crippen LogP contribution >= 0.6 is 0 Å². The molecule has 9 heteroatoms. The highest BCUT2D eigenvalue weighted by Crippen LogP contribution is 2.21. The van der Waals surface area contributed by atoms with Crippen LogP contribution < -0.4 is 10.0 Å². The van der Waals surface area contributed by atoms with Gasteiger partial charge in [-0.3, -0.25) is 4.79 Å². The van der Waals surface area contributed by atoms with E-state index in [1.54, 1.807) is 30.3 Å². The number of hydrogen-bond donors (Lipinski definition) is 2. The van der Waals surface area contributed by atoms with Gasteiger partial charge >= 0.3 is 0 Å². The molecular formula is C21H26N2O5S2. The van der Waals surface area contributed by atoms with E-state index in [4.69, 9.17) is 0 Å². The van der Waals surface area contributed by atoms with Gasteiger partial charge in [-0.1, -0.05) is 37.1 Å². The van der Waals surface area contributed by atoms with Crippen LogP contribution in [-0.2, 0) is 19.9 Å². The highest BCUT2D eigenvalue weighted by atomic mass is 32.2. The lowest BCUT2D eigenvalue weighted by Crippen LogP contribution is -2.33. The number of sulfone groups is 1. The Morgan fingerprint density at radius 3 is 2.27 bits per heavy atom. The van der Waals surface area contributed by atoms with Crippen LogP contribution in [0.15, 0.2) is 64.4 Å².